The first-order valence-corrected chi connectivity index (χ1v) is 4.89. The van der Waals surface area contributed by atoms with Crippen LogP contribution in [0.5, 0.6) is 0 Å². The molecule has 2 nitrogen and oxygen atoms in total. The predicted octanol–water partition coefficient (Wildman–Crippen LogP) is 2.71. The van der Waals surface area contributed by atoms with Crippen LogP contribution in [0.1, 0.15) is 17.2 Å². The van der Waals surface area contributed by atoms with Crippen LogP contribution in [0.3, 0.4) is 0 Å². The molecular weight excluding hydrogens is 186 g/mol. The molecule has 15 heavy (non-hydrogen) atoms. The Labute approximate surface area is 89.2 Å². The normalized spacial score (nSPS) is 10.5. The lowest BCUT2D eigenvalue weighted by molar-refractivity contribution is 0.0549. The number of benzene rings is 2. The van der Waals surface area contributed by atoms with Crippen molar-refractivity contribution in [1.82, 2.24) is 5.48 Å². The first-order valence-electron chi connectivity index (χ1n) is 4.89. The number of rotatable bonds is 3. The molecule has 0 spiro atoms. The molecular formula is C13H12NO. The molecule has 0 aliphatic carbocycles. The summed E-state index contributed by atoms with van der Waals surface area (Å²) in [7, 11) is 0. The molecule has 0 unspecified atom stereocenters. The summed E-state index contributed by atoms with van der Waals surface area (Å²) in [5.41, 5.74) is 4.05. The van der Waals surface area contributed by atoms with Crippen molar-refractivity contribution in [2.24, 2.45) is 0 Å². The third kappa shape index (κ3) is 2.24. The lowest BCUT2D eigenvalue weighted by atomic mass is 10.00. The molecule has 1 radical (unpaired) electrons. The van der Waals surface area contributed by atoms with E-state index in [4.69, 9.17) is 0 Å². The fourth-order valence-corrected chi connectivity index (χ4v) is 1.62. The van der Waals surface area contributed by atoms with Crippen LogP contribution < -0.4 is 5.48 Å². The molecule has 0 saturated carbocycles. The Bertz CT molecular complexity index is 360. The lowest BCUT2D eigenvalue weighted by Gasteiger charge is -2.14. The lowest BCUT2D eigenvalue weighted by Crippen LogP contribution is -2.16. The second-order valence-electron chi connectivity index (χ2n) is 3.37. The maximum absolute atomic E-state index is 11.0. The van der Waals surface area contributed by atoms with E-state index in [1.807, 2.05) is 60.7 Å². The molecule has 2 aromatic carbocycles. The largest absolute Gasteiger partial charge is 0.156 e. The van der Waals surface area contributed by atoms with E-state index in [0.717, 1.165) is 11.1 Å². The van der Waals surface area contributed by atoms with Gasteiger partial charge in [-0.15, -0.1) is 5.21 Å². The van der Waals surface area contributed by atoms with Crippen molar-refractivity contribution >= 4 is 0 Å². The summed E-state index contributed by atoms with van der Waals surface area (Å²) < 4.78 is 0. The first kappa shape index (κ1) is 9.90. The van der Waals surface area contributed by atoms with Crippen LogP contribution in [-0.2, 0) is 5.21 Å². The topological polar surface area (TPSA) is 31.9 Å². The monoisotopic (exact) mass is 198 g/mol. The Balaban J connectivity index is 2.34. The van der Waals surface area contributed by atoms with Crippen LogP contribution in [-0.4, -0.2) is 0 Å². The highest BCUT2D eigenvalue weighted by Crippen LogP contribution is 2.20. The van der Waals surface area contributed by atoms with Crippen molar-refractivity contribution in [3.05, 3.63) is 71.8 Å². The summed E-state index contributed by atoms with van der Waals surface area (Å²) in [6.07, 6.45) is 0. The van der Waals surface area contributed by atoms with E-state index in [1.54, 1.807) is 0 Å². The summed E-state index contributed by atoms with van der Waals surface area (Å²) in [5, 5.41) is 11.0. The third-order valence-electron chi connectivity index (χ3n) is 2.38. The third-order valence-corrected chi connectivity index (χ3v) is 2.38. The van der Waals surface area contributed by atoms with E-state index in [-0.39, 0.29) is 6.04 Å². The second kappa shape index (κ2) is 4.73. The summed E-state index contributed by atoms with van der Waals surface area (Å²) in [4.78, 5) is 0. The van der Waals surface area contributed by atoms with Gasteiger partial charge in [-0.2, -0.15) is 5.48 Å². The van der Waals surface area contributed by atoms with Gasteiger partial charge in [-0.05, 0) is 11.1 Å². The van der Waals surface area contributed by atoms with Crippen LogP contribution >= 0.6 is 0 Å². The van der Waals surface area contributed by atoms with Gasteiger partial charge >= 0.3 is 0 Å². The van der Waals surface area contributed by atoms with Gasteiger partial charge in [0.15, 0.2) is 0 Å². The zero-order chi connectivity index (χ0) is 10.5. The van der Waals surface area contributed by atoms with Crippen LogP contribution in [0.25, 0.3) is 0 Å². The fraction of sp³-hybridized carbons (Fsp3) is 0.0769. The molecule has 0 aliphatic heterocycles. The van der Waals surface area contributed by atoms with Crippen LogP contribution in [0.4, 0.5) is 0 Å². The average Bonchev–Trinajstić information content (AvgIpc) is 2.33. The summed E-state index contributed by atoms with van der Waals surface area (Å²) >= 11 is 0. The highest BCUT2D eigenvalue weighted by molar-refractivity contribution is 5.30. The Morgan fingerprint density at radius 3 is 1.47 bits per heavy atom. The smallest absolute Gasteiger partial charge is 0.0852 e. The summed E-state index contributed by atoms with van der Waals surface area (Å²) in [6, 6.07) is 19.1. The van der Waals surface area contributed by atoms with Gasteiger partial charge in [0.1, 0.15) is 0 Å². The van der Waals surface area contributed by atoms with Crippen LogP contribution in [0.2, 0.25) is 0 Å². The molecule has 1 N–H and O–H groups in total. The quantitative estimate of drug-likeness (QED) is 0.755. The van der Waals surface area contributed by atoms with E-state index in [0.29, 0.717) is 0 Å². The second-order valence-corrected chi connectivity index (χ2v) is 3.37. The molecule has 0 atom stereocenters. The van der Waals surface area contributed by atoms with Gasteiger partial charge in [0.2, 0.25) is 0 Å². The SMILES string of the molecule is [O]NC(c1ccccc1)c1ccccc1. The highest BCUT2D eigenvalue weighted by Gasteiger charge is 2.11. The minimum Gasteiger partial charge on any atom is -0.156 e. The fourth-order valence-electron chi connectivity index (χ4n) is 1.62. The van der Waals surface area contributed by atoms with E-state index in [9.17, 15) is 5.21 Å². The molecule has 0 bridgehead atoms. The van der Waals surface area contributed by atoms with Gasteiger partial charge in [0, 0.05) is 0 Å². The minimum atomic E-state index is -0.271. The molecule has 0 aliphatic rings. The van der Waals surface area contributed by atoms with Gasteiger partial charge < -0.3 is 0 Å². The Kier molecular flexibility index (Phi) is 3.12. The zero-order valence-electron chi connectivity index (χ0n) is 8.26. The molecule has 2 aromatic rings. The molecule has 2 heteroatoms. The van der Waals surface area contributed by atoms with Crippen LogP contribution in [0, 0.1) is 0 Å². The van der Waals surface area contributed by atoms with Gasteiger partial charge in [-0.25, -0.2) is 0 Å². The van der Waals surface area contributed by atoms with Gasteiger partial charge in [-0.1, -0.05) is 60.7 Å². The van der Waals surface area contributed by atoms with E-state index in [1.165, 1.54) is 0 Å². The molecule has 0 amide bonds. The highest BCUT2D eigenvalue weighted by atomic mass is 16.5. The summed E-state index contributed by atoms with van der Waals surface area (Å²) in [5.74, 6) is 0. The van der Waals surface area contributed by atoms with Gasteiger partial charge in [-0.3, -0.25) is 0 Å². The molecule has 75 valence electrons. The Morgan fingerprint density at radius 2 is 1.13 bits per heavy atom. The van der Waals surface area contributed by atoms with E-state index in [2.05, 4.69) is 5.48 Å². The maximum Gasteiger partial charge on any atom is 0.0852 e. The average molecular weight is 198 g/mol. The van der Waals surface area contributed by atoms with Crippen molar-refractivity contribution in [2.75, 3.05) is 0 Å². The van der Waals surface area contributed by atoms with E-state index >= 15 is 0 Å². The standard InChI is InChI=1S/C13H12NO/c15-14-13(11-7-3-1-4-8-11)12-9-5-2-6-10-12/h1-10,13-14H. The van der Waals surface area contributed by atoms with E-state index < -0.39 is 0 Å². The maximum atomic E-state index is 11.0. The van der Waals surface area contributed by atoms with Crippen LogP contribution in [0.15, 0.2) is 60.7 Å². The Hall–Kier alpha value is -1.64. The van der Waals surface area contributed by atoms with Gasteiger partial charge in [0.25, 0.3) is 0 Å². The Morgan fingerprint density at radius 1 is 0.733 bits per heavy atom. The minimum absolute atomic E-state index is 0.271. The molecule has 0 saturated heterocycles. The summed E-state index contributed by atoms with van der Waals surface area (Å²) in [6.45, 7) is 0. The van der Waals surface area contributed by atoms with Gasteiger partial charge in [0.05, 0.1) is 6.04 Å². The van der Waals surface area contributed by atoms with Crippen molar-refractivity contribution in [3.63, 3.8) is 0 Å². The number of hydroxylamine groups is 1. The zero-order valence-corrected chi connectivity index (χ0v) is 8.26. The first-order chi connectivity index (χ1) is 7.42. The molecule has 2 rings (SSSR count). The van der Waals surface area contributed by atoms with Crippen molar-refractivity contribution in [1.29, 1.82) is 0 Å². The molecule has 0 aromatic heterocycles. The van der Waals surface area contributed by atoms with Crippen molar-refractivity contribution in [3.8, 4) is 0 Å². The van der Waals surface area contributed by atoms with Crippen molar-refractivity contribution < 1.29 is 5.21 Å². The molecule has 0 fully saturated rings. The van der Waals surface area contributed by atoms with Crippen molar-refractivity contribution in [2.45, 2.75) is 6.04 Å². The predicted molar refractivity (Wildman–Crippen MR) is 58.5 cm³/mol. The number of hydrogen-bond acceptors (Lipinski definition) is 1. The molecule has 0 heterocycles. The number of hydrogen-bond donors (Lipinski definition) is 1. The number of nitrogens with one attached hydrogen (secondary N) is 1.